The van der Waals surface area contributed by atoms with Gasteiger partial charge in [-0.15, -0.1) is 0 Å². The number of alkyl halides is 1. The maximum atomic E-state index is 14.4. The van der Waals surface area contributed by atoms with E-state index in [1.165, 1.54) is 29.5 Å². The van der Waals surface area contributed by atoms with Gasteiger partial charge < -0.3 is 20.1 Å². The quantitative estimate of drug-likeness (QED) is 0.590. The Morgan fingerprint density at radius 1 is 1.08 bits per heavy atom. The summed E-state index contributed by atoms with van der Waals surface area (Å²) in [7, 11) is 0. The summed E-state index contributed by atoms with van der Waals surface area (Å²) in [5.74, 6) is 1.27. The Balaban J connectivity index is 1.15. The number of rotatable bonds is 4. The molecule has 1 aromatic heterocycles. The van der Waals surface area contributed by atoms with Crippen molar-refractivity contribution in [3.05, 3.63) is 39.5 Å². The summed E-state index contributed by atoms with van der Waals surface area (Å²) in [5, 5.41) is 14.8. The van der Waals surface area contributed by atoms with Crippen molar-refractivity contribution in [2.45, 2.75) is 93.4 Å². The van der Waals surface area contributed by atoms with Gasteiger partial charge >= 0.3 is 6.01 Å². The van der Waals surface area contributed by atoms with E-state index in [-0.39, 0.29) is 16.7 Å². The molecule has 5 atom stereocenters. The molecule has 6 aliphatic rings. The molecule has 0 unspecified atom stereocenters. The van der Waals surface area contributed by atoms with Crippen LogP contribution in [0.2, 0.25) is 5.02 Å². The molecule has 2 bridgehead atoms. The molecule has 0 saturated carbocycles. The third-order valence-corrected chi connectivity index (χ3v) is 11.1. The molecule has 4 fully saturated rings. The maximum absolute atomic E-state index is 14.4. The molecular formula is C30H37ClFN5O2. The Kier molecular flexibility index (Phi) is 5.63. The smallest absolute Gasteiger partial charge is 0.318 e. The zero-order valence-electron chi connectivity index (χ0n) is 22.4. The molecule has 1 aromatic carbocycles. The molecule has 2 aliphatic carbocycles. The summed E-state index contributed by atoms with van der Waals surface area (Å²) in [6, 6.07) is 5.03. The van der Waals surface area contributed by atoms with Crippen LogP contribution in [0.1, 0.15) is 67.3 Å². The van der Waals surface area contributed by atoms with Crippen molar-refractivity contribution in [3.63, 3.8) is 0 Å². The highest BCUT2D eigenvalue weighted by Gasteiger charge is 2.50. The molecule has 4 aliphatic heterocycles. The van der Waals surface area contributed by atoms with Crippen LogP contribution in [0.5, 0.6) is 11.8 Å². The zero-order valence-corrected chi connectivity index (χ0v) is 23.1. The molecule has 2 N–H and O–H groups in total. The van der Waals surface area contributed by atoms with Crippen LogP contribution in [0.4, 0.5) is 10.2 Å². The van der Waals surface area contributed by atoms with E-state index in [1.807, 2.05) is 6.07 Å². The molecule has 208 valence electrons. The normalized spacial score (nSPS) is 34.9. The van der Waals surface area contributed by atoms with Gasteiger partial charge in [0.2, 0.25) is 0 Å². The van der Waals surface area contributed by atoms with Crippen LogP contribution >= 0.6 is 11.6 Å². The van der Waals surface area contributed by atoms with Crippen molar-refractivity contribution >= 4 is 17.4 Å². The SMILES string of the molecule is Oc1cc(Cl)c2c(c1)[C@@]1(CC2)CCc2c(nc(OC[C@@]34CCCN3C[C@H](F)C4)nc2N2C[C@H]3CC[C@@H](C2)N3)C1. The Hall–Kier alpha value is -2.16. The standard InChI is InChI=1S/C30H37ClFN5O2/c31-25-11-21(38)10-24-22(25)4-7-29(24)8-5-23-26(13-29)34-28(35-27(23)36-15-19-2-3-20(16-36)33-19)39-17-30-6-1-9-37(30)14-18(32)12-30/h10-11,18-20,33,38H,1-9,12-17H2/t18-,19-,20+,29+,30+/m1/s1. The van der Waals surface area contributed by atoms with E-state index in [0.29, 0.717) is 42.7 Å². The lowest BCUT2D eigenvalue weighted by Crippen LogP contribution is -2.52. The van der Waals surface area contributed by atoms with Crippen LogP contribution in [-0.4, -0.2) is 76.6 Å². The fourth-order valence-corrected chi connectivity index (χ4v) is 9.21. The Morgan fingerprint density at radius 3 is 2.69 bits per heavy atom. The zero-order chi connectivity index (χ0) is 26.4. The largest absolute Gasteiger partial charge is 0.508 e. The summed E-state index contributed by atoms with van der Waals surface area (Å²) in [6.45, 7) is 3.81. The molecule has 9 heteroatoms. The highest BCUT2D eigenvalue weighted by molar-refractivity contribution is 6.31. The number of aromatic hydroxyl groups is 1. The monoisotopic (exact) mass is 553 g/mol. The third-order valence-electron chi connectivity index (χ3n) is 10.8. The van der Waals surface area contributed by atoms with E-state index < -0.39 is 6.17 Å². The van der Waals surface area contributed by atoms with E-state index in [0.717, 1.165) is 76.1 Å². The summed E-state index contributed by atoms with van der Waals surface area (Å²) in [4.78, 5) is 14.9. The van der Waals surface area contributed by atoms with Crippen LogP contribution < -0.4 is 15.0 Å². The summed E-state index contributed by atoms with van der Waals surface area (Å²) < 4.78 is 20.8. The predicted molar refractivity (Wildman–Crippen MR) is 148 cm³/mol. The van der Waals surface area contributed by atoms with E-state index in [4.69, 9.17) is 26.3 Å². The lowest BCUT2D eigenvalue weighted by atomic mass is 9.69. The minimum absolute atomic E-state index is 0.0794. The number of fused-ring (bicyclic) bond motifs is 6. The molecule has 2 aromatic rings. The fraction of sp³-hybridized carbons (Fsp3) is 0.667. The Morgan fingerprint density at radius 2 is 1.87 bits per heavy atom. The van der Waals surface area contributed by atoms with E-state index in [1.54, 1.807) is 6.07 Å². The Labute approximate surface area is 234 Å². The number of piperazine rings is 1. The third kappa shape index (κ3) is 3.96. The van der Waals surface area contributed by atoms with Crippen molar-refractivity contribution in [2.75, 3.05) is 37.7 Å². The number of hydrogen-bond acceptors (Lipinski definition) is 7. The van der Waals surface area contributed by atoms with Gasteiger partial charge in [0.1, 0.15) is 24.3 Å². The van der Waals surface area contributed by atoms with Gasteiger partial charge in [-0.05, 0) is 87.6 Å². The minimum Gasteiger partial charge on any atom is -0.508 e. The number of phenolic OH excluding ortho intramolecular Hbond substituents is 1. The lowest BCUT2D eigenvalue weighted by molar-refractivity contribution is 0.107. The first-order chi connectivity index (χ1) is 18.9. The first kappa shape index (κ1) is 24.6. The van der Waals surface area contributed by atoms with Gasteiger partial charge in [0, 0.05) is 54.1 Å². The second kappa shape index (κ2) is 8.92. The van der Waals surface area contributed by atoms with Crippen molar-refractivity contribution < 1.29 is 14.2 Å². The number of halogens is 2. The number of aromatic nitrogens is 2. The molecule has 4 saturated heterocycles. The Bertz CT molecular complexity index is 1310. The number of ether oxygens (including phenoxy) is 1. The number of phenols is 1. The van der Waals surface area contributed by atoms with Gasteiger partial charge in [0.25, 0.3) is 0 Å². The number of nitrogens with one attached hydrogen (secondary N) is 1. The van der Waals surface area contributed by atoms with Crippen molar-refractivity contribution in [1.29, 1.82) is 0 Å². The summed E-state index contributed by atoms with van der Waals surface area (Å²) in [6.07, 6.45) is 8.87. The van der Waals surface area contributed by atoms with Gasteiger partial charge in [-0.25, -0.2) is 4.39 Å². The van der Waals surface area contributed by atoms with Crippen LogP contribution in [0, 0.1) is 0 Å². The van der Waals surface area contributed by atoms with E-state index in [9.17, 15) is 9.50 Å². The molecule has 0 radical (unpaired) electrons. The number of nitrogens with zero attached hydrogens (tertiary/aromatic N) is 4. The average molecular weight is 554 g/mol. The average Bonchev–Trinajstić information content (AvgIpc) is 3.64. The van der Waals surface area contributed by atoms with E-state index >= 15 is 0 Å². The topological polar surface area (TPSA) is 73.8 Å². The van der Waals surface area contributed by atoms with Gasteiger partial charge in [0.05, 0.1) is 11.2 Å². The molecule has 8 rings (SSSR count). The molecule has 5 heterocycles. The highest BCUT2D eigenvalue weighted by atomic mass is 35.5. The maximum Gasteiger partial charge on any atom is 0.318 e. The first-order valence-electron chi connectivity index (χ1n) is 14.8. The van der Waals surface area contributed by atoms with Crippen LogP contribution in [0.15, 0.2) is 12.1 Å². The summed E-state index contributed by atoms with van der Waals surface area (Å²) >= 11 is 6.57. The predicted octanol–water partition coefficient (Wildman–Crippen LogP) is 4.10. The highest BCUT2D eigenvalue weighted by Crippen LogP contribution is 2.51. The second-order valence-electron chi connectivity index (χ2n) is 13.1. The number of hydrogen-bond donors (Lipinski definition) is 2. The van der Waals surface area contributed by atoms with Crippen molar-refractivity contribution in [3.8, 4) is 11.8 Å². The van der Waals surface area contributed by atoms with E-state index in [2.05, 4.69) is 15.1 Å². The molecule has 7 nitrogen and oxygen atoms in total. The van der Waals surface area contributed by atoms with Crippen LogP contribution in [0.25, 0.3) is 0 Å². The minimum atomic E-state index is -0.782. The van der Waals surface area contributed by atoms with Gasteiger partial charge in [-0.1, -0.05) is 11.6 Å². The lowest BCUT2D eigenvalue weighted by Gasteiger charge is -2.39. The molecular weight excluding hydrogens is 517 g/mol. The second-order valence-corrected chi connectivity index (χ2v) is 13.5. The van der Waals surface area contributed by atoms with Gasteiger partial charge in [0.15, 0.2) is 0 Å². The van der Waals surface area contributed by atoms with Crippen molar-refractivity contribution in [1.82, 2.24) is 20.2 Å². The summed E-state index contributed by atoms with van der Waals surface area (Å²) in [5.41, 5.74) is 4.36. The van der Waals surface area contributed by atoms with Crippen molar-refractivity contribution in [2.24, 2.45) is 0 Å². The van der Waals surface area contributed by atoms with Gasteiger partial charge in [-0.3, -0.25) is 4.90 Å². The van der Waals surface area contributed by atoms with Gasteiger partial charge in [-0.2, -0.15) is 9.97 Å². The number of anilines is 1. The first-order valence-corrected chi connectivity index (χ1v) is 15.2. The molecule has 39 heavy (non-hydrogen) atoms. The fourth-order valence-electron chi connectivity index (χ4n) is 8.91. The molecule has 0 amide bonds. The van der Waals surface area contributed by atoms with Crippen LogP contribution in [-0.2, 0) is 24.7 Å². The van der Waals surface area contributed by atoms with Crippen LogP contribution in [0.3, 0.4) is 0 Å². The number of benzene rings is 1. The molecule has 1 spiro atoms.